The van der Waals surface area contributed by atoms with Gasteiger partial charge < -0.3 is 33.5 Å². The predicted molar refractivity (Wildman–Crippen MR) is 241 cm³/mol. The number of hydrogen-bond acceptors (Lipinski definition) is 11. The molecule has 1 aromatic rings. The molecule has 4 fully saturated rings. The van der Waals surface area contributed by atoms with E-state index in [1.54, 1.807) is 12.1 Å². The van der Waals surface area contributed by atoms with Crippen molar-refractivity contribution in [2.24, 2.45) is 57.2 Å². The van der Waals surface area contributed by atoms with Crippen LogP contribution in [0, 0.1) is 57.2 Å². The van der Waals surface area contributed by atoms with Gasteiger partial charge in [0.1, 0.15) is 11.9 Å². The highest BCUT2D eigenvalue weighted by Crippen LogP contribution is 2.70. The molecule has 63 heavy (non-hydrogen) atoms. The van der Waals surface area contributed by atoms with E-state index in [2.05, 4.69) is 48.5 Å². The zero-order valence-corrected chi connectivity index (χ0v) is 41.0. The molecular formula is C52H82O11. The van der Waals surface area contributed by atoms with Gasteiger partial charge in [0.2, 0.25) is 0 Å². The Hall–Kier alpha value is -3.18. The Bertz CT molecular complexity index is 1740. The van der Waals surface area contributed by atoms with Crippen LogP contribution < -0.4 is 0 Å². The average Bonchev–Trinajstić information content (AvgIpc) is 3.57. The van der Waals surface area contributed by atoms with E-state index in [9.17, 15) is 24.3 Å². The zero-order chi connectivity index (χ0) is 46.7. The van der Waals surface area contributed by atoms with Crippen molar-refractivity contribution >= 4 is 23.9 Å². The number of esters is 4. The number of carbonyl (C=O) groups is 4. The van der Waals surface area contributed by atoms with Crippen molar-refractivity contribution in [3.05, 3.63) is 29.8 Å². The molecule has 1 heterocycles. The summed E-state index contributed by atoms with van der Waals surface area (Å²) in [6, 6.07) is 6.93. The summed E-state index contributed by atoms with van der Waals surface area (Å²) < 4.78 is 37.3. The van der Waals surface area contributed by atoms with Crippen LogP contribution in [0.25, 0.3) is 0 Å². The summed E-state index contributed by atoms with van der Waals surface area (Å²) in [7, 11) is 1.42. The fourth-order valence-corrected chi connectivity index (χ4v) is 13.6. The topological polar surface area (TPSA) is 144 Å². The van der Waals surface area contributed by atoms with Gasteiger partial charge in [-0.15, -0.1) is 0 Å². The first-order valence-corrected chi connectivity index (χ1v) is 24.1. The molecule has 11 heteroatoms. The van der Waals surface area contributed by atoms with E-state index in [1.165, 1.54) is 47.1 Å². The Morgan fingerprint density at radius 2 is 1.52 bits per heavy atom. The number of carbonyl (C=O) groups excluding carboxylic acids is 4. The van der Waals surface area contributed by atoms with Gasteiger partial charge in [-0.2, -0.15) is 0 Å². The van der Waals surface area contributed by atoms with Crippen LogP contribution in [0.1, 0.15) is 166 Å². The second kappa shape index (κ2) is 20.1. The summed E-state index contributed by atoms with van der Waals surface area (Å²) in [5.41, 5.74) is 0.321. The number of rotatable bonds is 17. The fraction of sp³-hybridized carbons (Fsp3) is 0.808. The predicted octanol–water partition coefficient (Wildman–Crippen LogP) is 10.6. The molecule has 5 rings (SSSR count). The molecule has 0 amide bonds. The molecule has 356 valence electrons. The largest absolute Gasteiger partial charge is 0.508 e. The quantitative estimate of drug-likeness (QED) is 0.0907. The fourth-order valence-electron chi connectivity index (χ4n) is 13.6. The minimum absolute atomic E-state index is 0.0297. The Balaban J connectivity index is 1.51. The molecule has 0 aromatic heterocycles. The SMILES string of the molecule is CC[C@H]1O[C@H](O[C@@](C)(CCCC[C@H](Cc2ccc(O)cc2)C(=O)OC)C2CC[C@@](C)([C@]3(C)CCC4C(C)(C)[C@@H](C)CC[C@]4(C)C3)[C@@H]2COC(C)=O)[C@H](OC(C)=O)[C@@H](C)[C@@H]1OC(C)=O. The normalized spacial score (nSPS) is 36.6. The maximum Gasteiger partial charge on any atom is 0.308 e. The minimum atomic E-state index is -0.958. The van der Waals surface area contributed by atoms with E-state index >= 15 is 0 Å². The summed E-state index contributed by atoms with van der Waals surface area (Å²) in [4.78, 5) is 50.9. The number of ether oxygens (including phenoxy) is 6. The van der Waals surface area contributed by atoms with Crippen molar-refractivity contribution in [1.29, 1.82) is 0 Å². The van der Waals surface area contributed by atoms with Crippen molar-refractivity contribution in [2.75, 3.05) is 13.7 Å². The first-order valence-electron chi connectivity index (χ1n) is 24.1. The molecule has 4 aliphatic rings. The number of hydrogen-bond donors (Lipinski definition) is 1. The summed E-state index contributed by atoms with van der Waals surface area (Å²) in [5, 5.41) is 9.86. The van der Waals surface area contributed by atoms with Gasteiger partial charge in [-0.05, 0) is 135 Å². The highest BCUT2D eigenvalue weighted by Gasteiger charge is 2.64. The highest BCUT2D eigenvalue weighted by atomic mass is 16.7. The van der Waals surface area contributed by atoms with E-state index in [4.69, 9.17) is 28.4 Å². The van der Waals surface area contributed by atoms with Gasteiger partial charge in [-0.1, -0.05) is 80.4 Å². The van der Waals surface area contributed by atoms with Crippen LogP contribution in [0.15, 0.2) is 24.3 Å². The zero-order valence-electron chi connectivity index (χ0n) is 41.0. The van der Waals surface area contributed by atoms with Crippen LogP contribution >= 0.6 is 0 Å². The van der Waals surface area contributed by atoms with Crippen LogP contribution in [-0.2, 0) is 54.0 Å². The van der Waals surface area contributed by atoms with Crippen molar-refractivity contribution in [2.45, 2.75) is 197 Å². The van der Waals surface area contributed by atoms with Crippen molar-refractivity contribution in [1.82, 2.24) is 0 Å². The van der Waals surface area contributed by atoms with E-state index < -0.39 is 48.1 Å². The number of phenols is 1. The smallest absolute Gasteiger partial charge is 0.308 e. The van der Waals surface area contributed by atoms with Crippen LogP contribution in [-0.4, -0.2) is 72.9 Å². The summed E-state index contributed by atoms with van der Waals surface area (Å²) >= 11 is 0. The van der Waals surface area contributed by atoms with Crippen LogP contribution in [0.5, 0.6) is 5.75 Å². The molecule has 14 atom stereocenters. The Labute approximate surface area is 378 Å². The molecule has 0 bridgehead atoms. The standard InChI is InChI=1S/C52H82O11/c1-14-42-44(60-35(5)54)33(3)45(61-36(6)55)47(62-42)63-52(12,25-16-15-17-38(46(57)58-13)29-37-18-20-39(56)21-19-37)40-23-28-51(11,41(40)30-59-34(4)53)50(10)27-24-43-48(7,8)32(2)22-26-49(43,9)31-50/h18-21,32-33,38,40-45,47,56H,14-17,22-31H2,1-13H3/t32-,33-,38+,40?,41+,42+,43?,44-,45+,47+,49+,50+,51+,52-/m0/s1. The first-order chi connectivity index (χ1) is 29.4. The monoisotopic (exact) mass is 883 g/mol. The molecule has 3 saturated carbocycles. The van der Waals surface area contributed by atoms with Gasteiger partial charge in [0, 0.05) is 32.6 Å². The third-order valence-electron chi connectivity index (χ3n) is 17.6. The third-order valence-corrected chi connectivity index (χ3v) is 17.6. The first kappa shape index (κ1) is 50.8. The maximum atomic E-state index is 13.1. The second-order valence-corrected chi connectivity index (χ2v) is 21.9. The van der Waals surface area contributed by atoms with Gasteiger partial charge in [0.05, 0.1) is 31.3 Å². The van der Waals surface area contributed by atoms with Crippen LogP contribution in [0.2, 0.25) is 0 Å². The number of aromatic hydroxyl groups is 1. The van der Waals surface area contributed by atoms with Gasteiger partial charge in [0.25, 0.3) is 0 Å². The molecule has 11 nitrogen and oxygen atoms in total. The van der Waals surface area contributed by atoms with Crippen molar-refractivity contribution in [3.63, 3.8) is 0 Å². The number of unbranched alkanes of at least 4 members (excludes halogenated alkanes) is 1. The number of fused-ring (bicyclic) bond motifs is 1. The van der Waals surface area contributed by atoms with Gasteiger partial charge in [0.15, 0.2) is 12.4 Å². The molecular weight excluding hydrogens is 801 g/mol. The van der Waals surface area contributed by atoms with Gasteiger partial charge >= 0.3 is 23.9 Å². The molecule has 0 radical (unpaired) electrons. The lowest BCUT2D eigenvalue weighted by Crippen LogP contribution is -2.60. The van der Waals surface area contributed by atoms with Gasteiger partial charge in [-0.3, -0.25) is 19.2 Å². The average molecular weight is 883 g/mol. The maximum absolute atomic E-state index is 13.1. The molecule has 3 aliphatic carbocycles. The molecule has 1 aromatic carbocycles. The number of benzene rings is 1. The molecule has 2 unspecified atom stereocenters. The number of phenolic OH excluding ortho intramolecular Hbond substituents is 1. The molecule has 1 saturated heterocycles. The van der Waals surface area contributed by atoms with Crippen molar-refractivity contribution < 1.29 is 52.7 Å². The Morgan fingerprint density at radius 1 is 0.873 bits per heavy atom. The summed E-state index contributed by atoms with van der Waals surface area (Å²) in [5.74, 6) is -0.924. The Morgan fingerprint density at radius 3 is 2.13 bits per heavy atom. The van der Waals surface area contributed by atoms with E-state index in [-0.39, 0.29) is 63.7 Å². The molecule has 1 aliphatic heterocycles. The Kier molecular flexibility index (Phi) is 16.2. The lowest BCUT2D eigenvalue weighted by Gasteiger charge is -2.64. The van der Waals surface area contributed by atoms with E-state index in [1.807, 2.05) is 26.0 Å². The number of methoxy groups -OCH3 is 1. The lowest BCUT2D eigenvalue weighted by molar-refractivity contribution is -0.324. The van der Waals surface area contributed by atoms with E-state index in [0.717, 1.165) is 31.2 Å². The summed E-state index contributed by atoms with van der Waals surface area (Å²) in [6.45, 7) is 25.4. The van der Waals surface area contributed by atoms with Crippen molar-refractivity contribution in [3.8, 4) is 5.75 Å². The molecule has 0 spiro atoms. The van der Waals surface area contributed by atoms with E-state index in [0.29, 0.717) is 50.4 Å². The third kappa shape index (κ3) is 10.9. The minimum Gasteiger partial charge on any atom is -0.508 e. The molecule has 1 N–H and O–H groups in total. The van der Waals surface area contributed by atoms with Gasteiger partial charge in [-0.25, -0.2) is 0 Å². The second-order valence-electron chi connectivity index (χ2n) is 21.9. The lowest BCUT2D eigenvalue weighted by atomic mass is 9.41. The van der Waals surface area contributed by atoms with Crippen LogP contribution in [0.4, 0.5) is 0 Å². The summed E-state index contributed by atoms with van der Waals surface area (Å²) in [6.07, 6.45) is 8.32. The highest BCUT2D eigenvalue weighted by molar-refractivity contribution is 5.72. The van der Waals surface area contributed by atoms with Crippen LogP contribution in [0.3, 0.4) is 0 Å².